The third-order valence-corrected chi connectivity index (χ3v) is 7.20. The van der Waals surface area contributed by atoms with Crippen molar-refractivity contribution in [3.8, 4) is 0 Å². The van der Waals surface area contributed by atoms with Crippen LogP contribution in [0.2, 0.25) is 0 Å². The number of hydrogen-bond acceptors (Lipinski definition) is 6. The number of thiazole rings is 1. The minimum Gasteiger partial charge on any atom is -0.383 e. The lowest BCUT2D eigenvalue weighted by molar-refractivity contribution is 0.204. The minimum atomic E-state index is -3.51. The van der Waals surface area contributed by atoms with Crippen molar-refractivity contribution in [1.82, 2.24) is 15.0 Å². The molecular weight excluding hydrogens is 370 g/mol. The fourth-order valence-corrected chi connectivity index (χ4v) is 5.20. The highest BCUT2D eigenvalue weighted by Gasteiger charge is 2.19. The van der Waals surface area contributed by atoms with E-state index >= 15 is 0 Å². The SMILES string of the molecule is COCCNS(=O)(=O)c1cccc(CN[C@H](C)c2nc3c(s2)CCC3)c1. The van der Waals surface area contributed by atoms with Crippen molar-refractivity contribution in [3.63, 3.8) is 0 Å². The monoisotopic (exact) mass is 395 g/mol. The Hall–Kier alpha value is -1.32. The van der Waals surface area contributed by atoms with Crippen LogP contribution in [0.4, 0.5) is 0 Å². The Kier molecular flexibility index (Phi) is 6.42. The largest absolute Gasteiger partial charge is 0.383 e. The molecule has 0 amide bonds. The van der Waals surface area contributed by atoms with Gasteiger partial charge in [-0.1, -0.05) is 12.1 Å². The maximum atomic E-state index is 12.3. The van der Waals surface area contributed by atoms with Crippen molar-refractivity contribution in [2.75, 3.05) is 20.3 Å². The van der Waals surface area contributed by atoms with Crippen molar-refractivity contribution < 1.29 is 13.2 Å². The van der Waals surface area contributed by atoms with Crippen molar-refractivity contribution in [2.45, 2.75) is 43.7 Å². The number of rotatable bonds is 9. The molecule has 1 aromatic carbocycles. The summed E-state index contributed by atoms with van der Waals surface area (Å²) in [5.74, 6) is 0. The molecule has 8 heteroatoms. The third-order valence-electron chi connectivity index (χ3n) is 4.40. The molecule has 0 radical (unpaired) electrons. The van der Waals surface area contributed by atoms with Gasteiger partial charge in [0.05, 0.1) is 23.2 Å². The third kappa shape index (κ3) is 4.69. The van der Waals surface area contributed by atoms with Crippen LogP contribution in [0.25, 0.3) is 0 Å². The van der Waals surface area contributed by atoms with E-state index in [0.29, 0.717) is 13.2 Å². The second kappa shape index (κ2) is 8.58. The average molecular weight is 396 g/mol. The molecule has 1 aliphatic rings. The highest BCUT2D eigenvalue weighted by molar-refractivity contribution is 7.89. The Morgan fingerprint density at radius 2 is 2.19 bits per heavy atom. The van der Waals surface area contributed by atoms with Crippen LogP contribution >= 0.6 is 11.3 Å². The first-order valence-corrected chi connectivity index (χ1v) is 11.1. The molecule has 1 heterocycles. The first-order valence-electron chi connectivity index (χ1n) is 8.79. The molecule has 1 aromatic heterocycles. The second-order valence-corrected chi connectivity index (χ2v) is 9.30. The number of aryl methyl sites for hydroxylation is 2. The number of nitrogens with one attached hydrogen (secondary N) is 2. The van der Waals surface area contributed by atoms with Crippen molar-refractivity contribution in [3.05, 3.63) is 45.4 Å². The van der Waals surface area contributed by atoms with Gasteiger partial charge in [-0.15, -0.1) is 11.3 Å². The number of sulfonamides is 1. The second-order valence-electron chi connectivity index (χ2n) is 6.42. The van der Waals surface area contributed by atoms with E-state index < -0.39 is 10.0 Å². The molecule has 0 saturated heterocycles. The lowest BCUT2D eigenvalue weighted by atomic mass is 10.2. The van der Waals surface area contributed by atoms with Gasteiger partial charge in [-0.05, 0) is 43.9 Å². The first-order chi connectivity index (χ1) is 12.5. The molecule has 0 aliphatic heterocycles. The predicted octanol–water partition coefficient (Wildman–Crippen LogP) is 2.41. The predicted molar refractivity (Wildman–Crippen MR) is 103 cm³/mol. The number of methoxy groups -OCH3 is 1. The van der Waals surface area contributed by atoms with Crippen LogP contribution in [-0.2, 0) is 34.1 Å². The van der Waals surface area contributed by atoms with E-state index in [4.69, 9.17) is 9.72 Å². The quantitative estimate of drug-likeness (QED) is 0.638. The smallest absolute Gasteiger partial charge is 0.240 e. The summed E-state index contributed by atoms with van der Waals surface area (Å²) in [4.78, 5) is 6.43. The van der Waals surface area contributed by atoms with E-state index in [1.165, 1.54) is 17.0 Å². The molecule has 6 nitrogen and oxygen atoms in total. The lowest BCUT2D eigenvalue weighted by Crippen LogP contribution is -2.27. The maximum Gasteiger partial charge on any atom is 0.240 e. The zero-order valence-corrected chi connectivity index (χ0v) is 16.8. The van der Waals surface area contributed by atoms with Gasteiger partial charge >= 0.3 is 0 Å². The van der Waals surface area contributed by atoms with Crippen LogP contribution in [0, 0.1) is 0 Å². The summed E-state index contributed by atoms with van der Waals surface area (Å²) >= 11 is 1.79. The zero-order chi connectivity index (χ0) is 18.6. The summed E-state index contributed by atoms with van der Waals surface area (Å²) in [5.41, 5.74) is 2.18. The number of hydrogen-bond donors (Lipinski definition) is 2. The van der Waals surface area contributed by atoms with Crippen LogP contribution < -0.4 is 10.0 Å². The minimum absolute atomic E-state index is 0.144. The van der Waals surface area contributed by atoms with Crippen molar-refractivity contribution in [2.24, 2.45) is 0 Å². The Morgan fingerprint density at radius 3 is 2.96 bits per heavy atom. The number of fused-ring (bicyclic) bond motifs is 1. The van der Waals surface area contributed by atoms with Crippen LogP contribution in [-0.4, -0.2) is 33.7 Å². The highest BCUT2D eigenvalue weighted by atomic mass is 32.2. The van der Waals surface area contributed by atoms with Gasteiger partial charge in [-0.2, -0.15) is 0 Å². The standard InChI is InChI=1S/C18H25N3O3S2/c1-13(18-21-16-7-4-8-17(16)25-18)19-12-14-5-3-6-15(11-14)26(22,23)20-9-10-24-2/h3,5-6,11,13,19-20H,4,7-10,12H2,1-2H3/t13-/m1/s1. The molecule has 0 unspecified atom stereocenters. The average Bonchev–Trinajstić information content (AvgIpc) is 3.22. The Labute approximate surface area is 159 Å². The molecule has 0 fully saturated rings. The number of nitrogens with zero attached hydrogens (tertiary/aromatic N) is 1. The van der Waals surface area contributed by atoms with Crippen LogP contribution in [0.1, 0.15) is 40.5 Å². The summed E-state index contributed by atoms with van der Waals surface area (Å²) in [6, 6.07) is 7.15. The van der Waals surface area contributed by atoms with E-state index in [0.717, 1.165) is 23.4 Å². The van der Waals surface area contributed by atoms with Gasteiger partial charge in [-0.25, -0.2) is 18.1 Å². The van der Waals surface area contributed by atoms with Crippen molar-refractivity contribution in [1.29, 1.82) is 0 Å². The number of benzene rings is 1. The normalized spacial score (nSPS) is 15.2. The lowest BCUT2D eigenvalue weighted by Gasteiger charge is -2.12. The molecule has 0 saturated carbocycles. The molecule has 0 bridgehead atoms. The molecule has 2 aromatic rings. The summed E-state index contributed by atoms with van der Waals surface area (Å²) in [7, 11) is -1.97. The summed E-state index contributed by atoms with van der Waals surface area (Å²) in [6.45, 7) is 3.29. The summed E-state index contributed by atoms with van der Waals surface area (Å²) < 4.78 is 32.0. The van der Waals surface area contributed by atoms with Crippen LogP contribution in [0.15, 0.2) is 29.2 Å². The van der Waals surface area contributed by atoms with Crippen molar-refractivity contribution >= 4 is 21.4 Å². The van der Waals surface area contributed by atoms with E-state index in [-0.39, 0.29) is 17.5 Å². The first kappa shape index (κ1) is 19.4. The van der Waals surface area contributed by atoms with Gasteiger partial charge in [0, 0.05) is 25.1 Å². The van der Waals surface area contributed by atoms with Gasteiger partial charge < -0.3 is 10.1 Å². The molecule has 2 N–H and O–H groups in total. The van der Waals surface area contributed by atoms with Crippen LogP contribution in [0.5, 0.6) is 0 Å². The van der Waals surface area contributed by atoms with Gasteiger partial charge in [0.2, 0.25) is 10.0 Å². The Bertz CT molecular complexity index is 828. The summed E-state index contributed by atoms with van der Waals surface area (Å²) in [6.07, 6.45) is 3.46. The van der Waals surface area contributed by atoms with Gasteiger partial charge in [-0.3, -0.25) is 0 Å². The maximum absolute atomic E-state index is 12.3. The summed E-state index contributed by atoms with van der Waals surface area (Å²) in [5, 5.41) is 4.56. The highest BCUT2D eigenvalue weighted by Crippen LogP contribution is 2.30. The van der Waals surface area contributed by atoms with E-state index in [2.05, 4.69) is 17.0 Å². The van der Waals surface area contributed by atoms with Gasteiger partial charge in [0.15, 0.2) is 0 Å². The topological polar surface area (TPSA) is 80.3 Å². The Morgan fingerprint density at radius 1 is 1.35 bits per heavy atom. The molecule has 142 valence electrons. The van der Waals surface area contributed by atoms with E-state index in [1.54, 1.807) is 36.6 Å². The molecule has 1 aliphatic carbocycles. The fraction of sp³-hybridized carbons (Fsp3) is 0.500. The molecule has 3 rings (SSSR count). The molecule has 0 spiro atoms. The van der Waals surface area contributed by atoms with Gasteiger partial charge in [0.1, 0.15) is 5.01 Å². The fourth-order valence-electron chi connectivity index (χ4n) is 2.94. The van der Waals surface area contributed by atoms with Crippen LogP contribution in [0.3, 0.4) is 0 Å². The molecule has 1 atom stereocenters. The van der Waals surface area contributed by atoms with E-state index in [1.807, 2.05) is 6.07 Å². The van der Waals surface area contributed by atoms with Gasteiger partial charge in [0.25, 0.3) is 0 Å². The molecular formula is C18H25N3O3S2. The van der Waals surface area contributed by atoms with E-state index in [9.17, 15) is 8.42 Å². The number of aromatic nitrogens is 1. The number of ether oxygens (including phenoxy) is 1. The zero-order valence-electron chi connectivity index (χ0n) is 15.1. The Balaban J connectivity index is 1.61. The molecule has 26 heavy (non-hydrogen) atoms.